The number of aliphatic carboxylic acids is 1. The predicted octanol–water partition coefficient (Wildman–Crippen LogP) is 1.07. The lowest BCUT2D eigenvalue weighted by molar-refractivity contribution is -0.141. The van der Waals surface area contributed by atoms with Crippen LogP contribution in [0.2, 0.25) is 0 Å². The van der Waals surface area contributed by atoms with Crippen molar-refractivity contribution >= 4 is 12.0 Å². The van der Waals surface area contributed by atoms with E-state index >= 15 is 0 Å². The molecule has 20 heavy (non-hydrogen) atoms. The van der Waals surface area contributed by atoms with Crippen LogP contribution in [0.5, 0.6) is 0 Å². The van der Waals surface area contributed by atoms with Gasteiger partial charge in [-0.1, -0.05) is 20.8 Å². The zero-order valence-electron chi connectivity index (χ0n) is 12.1. The van der Waals surface area contributed by atoms with Crippen LogP contribution in [-0.2, 0) is 11.3 Å². The summed E-state index contributed by atoms with van der Waals surface area (Å²) in [6.45, 7) is 6.47. The van der Waals surface area contributed by atoms with Gasteiger partial charge in [-0.3, -0.25) is 4.68 Å². The lowest BCUT2D eigenvalue weighted by Crippen LogP contribution is -2.52. The van der Waals surface area contributed by atoms with Crippen molar-refractivity contribution in [2.24, 2.45) is 5.41 Å². The van der Waals surface area contributed by atoms with E-state index in [4.69, 9.17) is 5.11 Å². The number of aryl methyl sites for hydroxylation is 1. The summed E-state index contributed by atoms with van der Waals surface area (Å²) in [7, 11) is 0. The molecule has 1 heterocycles. The highest BCUT2D eigenvalue weighted by molar-refractivity contribution is 5.83. The Hall–Kier alpha value is -2.05. The number of hydrogen-bond donors (Lipinski definition) is 3. The van der Waals surface area contributed by atoms with Crippen LogP contribution < -0.4 is 10.6 Å². The Morgan fingerprint density at radius 3 is 2.60 bits per heavy atom. The average Bonchev–Trinajstić information content (AvgIpc) is 2.83. The molecule has 0 saturated heterocycles. The Kier molecular flexibility index (Phi) is 5.54. The van der Waals surface area contributed by atoms with Gasteiger partial charge in [-0.2, -0.15) is 5.10 Å². The standard InChI is InChI=1S/C13H22N4O3/c1-13(2,3)10(11(18)19)16-12(20)14-6-4-8-17-9-5-7-15-17/h5,7,9-10H,4,6,8H2,1-3H3,(H,18,19)(H2,14,16,20)/t10-/m1/s1. The second-order valence-corrected chi connectivity index (χ2v) is 5.66. The van der Waals surface area contributed by atoms with Crippen molar-refractivity contribution in [2.45, 2.75) is 39.8 Å². The smallest absolute Gasteiger partial charge is 0.326 e. The summed E-state index contributed by atoms with van der Waals surface area (Å²) >= 11 is 0. The molecule has 2 amide bonds. The highest BCUT2D eigenvalue weighted by atomic mass is 16.4. The van der Waals surface area contributed by atoms with Crippen molar-refractivity contribution in [1.29, 1.82) is 0 Å². The molecule has 0 aliphatic carbocycles. The minimum atomic E-state index is -1.04. The molecule has 0 aliphatic rings. The number of hydrogen-bond acceptors (Lipinski definition) is 3. The van der Waals surface area contributed by atoms with Crippen molar-refractivity contribution in [2.75, 3.05) is 6.54 Å². The lowest BCUT2D eigenvalue weighted by atomic mass is 9.87. The van der Waals surface area contributed by atoms with E-state index in [1.807, 2.05) is 12.3 Å². The topological polar surface area (TPSA) is 96.3 Å². The number of nitrogens with zero attached hydrogens (tertiary/aromatic N) is 2. The van der Waals surface area contributed by atoms with E-state index < -0.39 is 23.5 Å². The van der Waals surface area contributed by atoms with Gasteiger partial charge < -0.3 is 15.7 Å². The third-order valence-electron chi connectivity index (χ3n) is 2.80. The van der Waals surface area contributed by atoms with Gasteiger partial charge in [0.1, 0.15) is 6.04 Å². The number of urea groups is 1. The monoisotopic (exact) mass is 282 g/mol. The molecule has 0 aliphatic heterocycles. The maximum Gasteiger partial charge on any atom is 0.326 e. The summed E-state index contributed by atoms with van der Waals surface area (Å²) in [5, 5.41) is 18.3. The fourth-order valence-electron chi connectivity index (χ4n) is 1.71. The number of carbonyl (C=O) groups is 2. The largest absolute Gasteiger partial charge is 0.480 e. The number of aromatic nitrogens is 2. The van der Waals surface area contributed by atoms with Gasteiger partial charge in [-0.25, -0.2) is 9.59 Å². The average molecular weight is 282 g/mol. The van der Waals surface area contributed by atoms with Crippen molar-refractivity contribution in [3.63, 3.8) is 0 Å². The molecule has 0 unspecified atom stereocenters. The van der Waals surface area contributed by atoms with E-state index in [1.165, 1.54) is 0 Å². The molecule has 7 nitrogen and oxygen atoms in total. The quantitative estimate of drug-likeness (QED) is 0.680. The van der Waals surface area contributed by atoms with Crippen LogP contribution in [0.4, 0.5) is 4.79 Å². The van der Waals surface area contributed by atoms with Crippen molar-refractivity contribution in [1.82, 2.24) is 20.4 Å². The van der Waals surface area contributed by atoms with Crippen molar-refractivity contribution in [3.8, 4) is 0 Å². The molecule has 0 bridgehead atoms. The molecule has 0 radical (unpaired) electrons. The van der Waals surface area contributed by atoms with Gasteiger partial charge in [0.15, 0.2) is 0 Å². The number of rotatable bonds is 6. The Labute approximate surface area is 118 Å². The van der Waals surface area contributed by atoms with E-state index in [0.29, 0.717) is 13.1 Å². The highest BCUT2D eigenvalue weighted by Crippen LogP contribution is 2.19. The first-order valence-corrected chi connectivity index (χ1v) is 6.55. The Balaban J connectivity index is 2.30. The zero-order chi connectivity index (χ0) is 15.2. The molecular weight excluding hydrogens is 260 g/mol. The maximum atomic E-state index is 11.7. The molecule has 0 spiro atoms. The van der Waals surface area contributed by atoms with Crippen LogP contribution in [-0.4, -0.2) is 39.5 Å². The molecule has 3 N–H and O–H groups in total. The molecule has 0 saturated carbocycles. The van der Waals surface area contributed by atoms with E-state index in [0.717, 1.165) is 6.42 Å². The van der Waals surface area contributed by atoms with Gasteiger partial charge in [0.2, 0.25) is 0 Å². The fourth-order valence-corrected chi connectivity index (χ4v) is 1.71. The number of amides is 2. The third kappa shape index (κ3) is 5.29. The van der Waals surface area contributed by atoms with Crippen LogP contribution in [0.3, 0.4) is 0 Å². The van der Waals surface area contributed by atoms with Gasteiger partial charge in [-0.15, -0.1) is 0 Å². The molecule has 1 rings (SSSR count). The Morgan fingerprint density at radius 2 is 2.10 bits per heavy atom. The minimum Gasteiger partial charge on any atom is -0.480 e. The first-order chi connectivity index (χ1) is 9.30. The van der Waals surface area contributed by atoms with Crippen LogP contribution in [0, 0.1) is 5.41 Å². The summed E-state index contributed by atoms with van der Waals surface area (Å²) in [6, 6.07) is 0.447. The van der Waals surface area contributed by atoms with Gasteiger partial charge in [0, 0.05) is 25.5 Å². The van der Waals surface area contributed by atoms with Gasteiger partial charge in [0.25, 0.3) is 0 Å². The first kappa shape index (κ1) is 16.0. The Morgan fingerprint density at radius 1 is 1.40 bits per heavy atom. The summed E-state index contributed by atoms with van der Waals surface area (Å²) < 4.78 is 1.77. The second-order valence-electron chi connectivity index (χ2n) is 5.66. The van der Waals surface area contributed by atoms with E-state index in [1.54, 1.807) is 31.6 Å². The predicted molar refractivity (Wildman–Crippen MR) is 74.3 cm³/mol. The van der Waals surface area contributed by atoms with E-state index in [9.17, 15) is 9.59 Å². The highest BCUT2D eigenvalue weighted by Gasteiger charge is 2.32. The van der Waals surface area contributed by atoms with E-state index in [2.05, 4.69) is 15.7 Å². The van der Waals surface area contributed by atoms with Crippen LogP contribution in [0.25, 0.3) is 0 Å². The Bertz CT molecular complexity index is 437. The summed E-state index contributed by atoms with van der Waals surface area (Å²) in [5.74, 6) is -1.04. The lowest BCUT2D eigenvalue weighted by Gasteiger charge is -2.27. The van der Waals surface area contributed by atoms with E-state index in [-0.39, 0.29) is 0 Å². The molecule has 1 atom stereocenters. The molecule has 7 heteroatoms. The number of carboxylic acids is 1. The number of nitrogens with one attached hydrogen (secondary N) is 2. The van der Waals surface area contributed by atoms with Gasteiger partial charge in [0.05, 0.1) is 0 Å². The molecule has 1 aromatic heterocycles. The molecule has 0 fully saturated rings. The van der Waals surface area contributed by atoms with Crippen molar-refractivity contribution in [3.05, 3.63) is 18.5 Å². The first-order valence-electron chi connectivity index (χ1n) is 6.55. The zero-order valence-corrected chi connectivity index (χ0v) is 12.1. The summed E-state index contributed by atoms with van der Waals surface area (Å²) in [6.07, 6.45) is 4.27. The SMILES string of the molecule is CC(C)(C)[C@H](NC(=O)NCCCn1cccn1)C(=O)O. The van der Waals surface area contributed by atoms with Crippen molar-refractivity contribution < 1.29 is 14.7 Å². The van der Waals surface area contributed by atoms with Gasteiger partial charge in [-0.05, 0) is 17.9 Å². The summed E-state index contributed by atoms with van der Waals surface area (Å²) in [5.41, 5.74) is -0.543. The third-order valence-corrected chi connectivity index (χ3v) is 2.80. The number of carbonyl (C=O) groups excluding carboxylic acids is 1. The van der Waals surface area contributed by atoms with Crippen LogP contribution in [0.1, 0.15) is 27.2 Å². The van der Waals surface area contributed by atoms with Crippen LogP contribution in [0.15, 0.2) is 18.5 Å². The normalized spacial score (nSPS) is 12.8. The molecule has 0 aromatic carbocycles. The summed E-state index contributed by atoms with van der Waals surface area (Å²) in [4.78, 5) is 22.8. The minimum absolute atomic E-state index is 0.460. The fraction of sp³-hybridized carbons (Fsp3) is 0.615. The molecule has 1 aromatic rings. The molecule has 112 valence electrons. The number of carboxylic acid groups (broad SMARTS) is 1. The second kappa shape index (κ2) is 6.93. The van der Waals surface area contributed by atoms with Crippen LogP contribution >= 0.6 is 0 Å². The maximum absolute atomic E-state index is 11.7. The molecular formula is C13H22N4O3. The van der Waals surface area contributed by atoms with Gasteiger partial charge >= 0.3 is 12.0 Å².